The van der Waals surface area contributed by atoms with E-state index in [9.17, 15) is 0 Å². The highest BCUT2D eigenvalue weighted by atomic mass is 35.5. The fourth-order valence-corrected chi connectivity index (χ4v) is 2.86. The molecule has 0 amide bonds. The number of ether oxygens (including phenoxy) is 1. The minimum Gasteiger partial charge on any atom is -0.496 e. The first-order valence-corrected chi connectivity index (χ1v) is 8.33. The number of hydrogen-bond donors (Lipinski definition) is 0. The summed E-state index contributed by atoms with van der Waals surface area (Å²) in [7, 11) is 3.63. The van der Waals surface area contributed by atoms with Gasteiger partial charge in [0.15, 0.2) is 0 Å². The summed E-state index contributed by atoms with van der Waals surface area (Å²) in [5.41, 5.74) is 3.12. The van der Waals surface area contributed by atoms with E-state index in [0.29, 0.717) is 29.8 Å². The second kappa shape index (κ2) is 7.68. The Labute approximate surface area is 152 Å². The highest BCUT2D eigenvalue weighted by molar-refractivity contribution is 6.30. The SMILES string of the molecule is COc1ccc(Cl)cc1CN(C)Cc1nc(-c2cccc(C)c2)no1. The summed E-state index contributed by atoms with van der Waals surface area (Å²) in [6.07, 6.45) is 0. The van der Waals surface area contributed by atoms with E-state index < -0.39 is 0 Å². The van der Waals surface area contributed by atoms with Gasteiger partial charge >= 0.3 is 0 Å². The van der Waals surface area contributed by atoms with E-state index >= 15 is 0 Å². The van der Waals surface area contributed by atoms with Crippen molar-refractivity contribution in [3.05, 3.63) is 64.5 Å². The molecule has 0 radical (unpaired) electrons. The molecule has 0 aliphatic carbocycles. The topological polar surface area (TPSA) is 51.4 Å². The molecule has 0 atom stereocenters. The average Bonchev–Trinajstić information content (AvgIpc) is 3.03. The van der Waals surface area contributed by atoms with Gasteiger partial charge in [0.1, 0.15) is 5.75 Å². The van der Waals surface area contributed by atoms with Crippen LogP contribution in [0.15, 0.2) is 47.0 Å². The van der Waals surface area contributed by atoms with Gasteiger partial charge in [0.25, 0.3) is 0 Å². The molecule has 0 bridgehead atoms. The average molecular weight is 358 g/mol. The van der Waals surface area contributed by atoms with Crippen molar-refractivity contribution >= 4 is 11.6 Å². The molecule has 0 aliphatic rings. The summed E-state index contributed by atoms with van der Waals surface area (Å²) >= 11 is 6.09. The first kappa shape index (κ1) is 17.5. The Morgan fingerprint density at radius 1 is 1.16 bits per heavy atom. The monoisotopic (exact) mass is 357 g/mol. The van der Waals surface area contributed by atoms with Crippen LogP contribution in [0, 0.1) is 6.92 Å². The first-order chi connectivity index (χ1) is 12.0. The van der Waals surface area contributed by atoms with E-state index in [-0.39, 0.29) is 0 Å². The van der Waals surface area contributed by atoms with E-state index in [1.165, 1.54) is 0 Å². The molecule has 5 nitrogen and oxygen atoms in total. The van der Waals surface area contributed by atoms with Crippen LogP contribution in [-0.4, -0.2) is 29.2 Å². The second-order valence-corrected chi connectivity index (χ2v) is 6.45. The van der Waals surface area contributed by atoms with Crippen LogP contribution in [0.1, 0.15) is 17.0 Å². The van der Waals surface area contributed by atoms with Gasteiger partial charge in [-0.05, 0) is 38.2 Å². The minimum atomic E-state index is 0.536. The van der Waals surface area contributed by atoms with Crippen molar-refractivity contribution in [2.45, 2.75) is 20.0 Å². The highest BCUT2D eigenvalue weighted by Gasteiger charge is 2.13. The van der Waals surface area contributed by atoms with Crippen molar-refractivity contribution in [1.29, 1.82) is 0 Å². The molecular formula is C19H20ClN3O2. The summed E-state index contributed by atoms with van der Waals surface area (Å²) in [5, 5.41) is 4.76. The third-order valence-electron chi connectivity index (χ3n) is 3.83. The predicted molar refractivity (Wildman–Crippen MR) is 97.6 cm³/mol. The van der Waals surface area contributed by atoms with Crippen LogP contribution < -0.4 is 4.74 Å². The molecule has 3 aromatic rings. The van der Waals surface area contributed by atoms with Crippen molar-refractivity contribution in [1.82, 2.24) is 15.0 Å². The van der Waals surface area contributed by atoms with Crippen LogP contribution in [-0.2, 0) is 13.1 Å². The number of benzene rings is 2. The van der Waals surface area contributed by atoms with Crippen molar-refractivity contribution < 1.29 is 9.26 Å². The molecule has 2 aromatic carbocycles. The number of halogens is 1. The quantitative estimate of drug-likeness (QED) is 0.656. The van der Waals surface area contributed by atoms with Gasteiger partial charge in [-0.1, -0.05) is 40.5 Å². The van der Waals surface area contributed by atoms with E-state index in [4.69, 9.17) is 20.9 Å². The Morgan fingerprint density at radius 3 is 2.76 bits per heavy atom. The lowest BCUT2D eigenvalue weighted by atomic mass is 10.1. The maximum atomic E-state index is 6.09. The van der Waals surface area contributed by atoms with E-state index in [1.807, 2.05) is 56.4 Å². The summed E-state index contributed by atoms with van der Waals surface area (Å²) < 4.78 is 10.8. The van der Waals surface area contributed by atoms with Crippen molar-refractivity contribution in [2.75, 3.05) is 14.2 Å². The van der Waals surface area contributed by atoms with Gasteiger partial charge < -0.3 is 9.26 Å². The lowest BCUT2D eigenvalue weighted by molar-refractivity contribution is 0.257. The zero-order valence-electron chi connectivity index (χ0n) is 14.5. The lowest BCUT2D eigenvalue weighted by Crippen LogP contribution is -2.18. The van der Waals surface area contributed by atoms with Crippen molar-refractivity contribution in [3.8, 4) is 17.1 Å². The van der Waals surface area contributed by atoms with E-state index in [1.54, 1.807) is 7.11 Å². The molecule has 1 aromatic heterocycles. The van der Waals surface area contributed by atoms with E-state index in [0.717, 1.165) is 22.4 Å². The maximum absolute atomic E-state index is 6.09. The number of aryl methyl sites for hydroxylation is 1. The summed E-state index contributed by atoms with van der Waals surface area (Å²) in [6.45, 7) is 3.23. The number of methoxy groups -OCH3 is 1. The molecular weight excluding hydrogens is 338 g/mol. The Hall–Kier alpha value is -2.37. The smallest absolute Gasteiger partial charge is 0.241 e. The van der Waals surface area contributed by atoms with Crippen molar-refractivity contribution in [2.24, 2.45) is 0 Å². The summed E-state index contributed by atoms with van der Waals surface area (Å²) in [5.74, 6) is 1.98. The molecule has 0 spiro atoms. The zero-order chi connectivity index (χ0) is 17.8. The first-order valence-electron chi connectivity index (χ1n) is 7.96. The van der Waals surface area contributed by atoms with Crippen LogP contribution in [0.4, 0.5) is 0 Å². The Morgan fingerprint density at radius 2 is 2.00 bits per heavy atom. The molecule has 0 N–H and O–H groups in total. The summed E-state index contributed by atoms with van der Waals surface area (Å²) in [6, 6.07) is 13.6. The van der Waals surface area contributed by atoms with E-state index in [2.05, 4.69) is 15.0 Å². The van der Waals surface area contributed by atoms with Crippen LogP contribution in [0.5, 0.6) is 5.75 Å². The minimum absolute atomic E-state index is 0.536. The normalized spacial score (nSPS) is 11.1. The fraction of sp³-hybridized carbons (Fsp3) is 0.263. The Kier molecular flexibility index (Phi) is 5.36. The second-order valence-electron chi connectivity index (χ2n) is 6.01. The Balaban J connectivity index is 1.70. The molecule has 25 heavy (non-hydrogen) atoms. The number of rotatable bonds is 6. The van der Waals surface area contributed by atoms with Crippen molar-refractivity contribution in [3.63, 3.8) is 0 Å². The van der Waals surface area contributed by atoms with Gasteiger partial charge in [0.2, 0.25) is 11.7 Å². The molecule has 0 fully saturated rings. The summed E-state index contributed by atoms with van der Waals surface area (Å²) in [4.78, 5) is 6.56. The van der Waals surface area contributed by atoms with Gasteiger partial charge in [-0.2, -0.15) is 4.98 Å². The molecule has 0 saturated heterocycles. The van der Waals surface area contributed by atoms with Gasteiger partial charge in [0.05, 0.1) is 13.7 Å². The third kappa shape index (κ3) is 4.38. The van der Waals surface area contributed by atoms with Gasteiger partial charge in [0, 0.05) is 22.7 Å². The number of nitrogens with zero attached hydrogens (tertiary/aromatic N) is 3. The van der Waals surface area contributed by atoms with Crippen LogP contribution in [0.2, 0.25) is 5.02 Å². The number of hydrogen-bond acceptors (Lipinski definition) is 5. The standard InChI is InChI=1S/C19H20ClN3O2/c1-13-5-4-6-14(9-13)19-21-18(25-22-19)12-23(2)11-15-10-16(20)7-8-17(15)24-3/h4-10H,11-12H2,1-3H3. The lowest BCUT2D eigenvalue weighted by Gasteiger charge is -2.16. The van der Waals surface area contributed by atoms with Gasteiger partial charge in [-0.25, -0.2) is 0 Å². The third-order valence-corrected chi connectivity index (χ3v) is 4.07. The molecule has 3 rings (SSSR count). The van der Waals surface area contributed by atoms with Gasteiger partial charge in [-0.15, -0.1) is 0 Å². The van der Waals surface area contributed by atoms with Crippen LogP contribution in [0.3, 0.4) is 0 Å². The Bertz CT molecular complexity index is 863. The molecule has 0 unspecified atom stereocenters. The zero-order valence-corrected chi connectivity index (χ0v) is 15.2. The van der Waals surface area contributed by atoms with Gasteiger partial charge in [-0.3, -0.25) is 4.90 Å². The molecule has 0 saturated carbocycles. The fourth-order valence-electron chi connectivity index (χ4n) is 2.67. The largest absolute Gasteiger partial charge is 0.496 e. The van der Waals surface area contributed by atoms with Crippen LogP contribution in [0.25, 0.3) is 11.4 Å². The maximum Gasteiger partial charge on any atom is 0.241 e. The highest BCUT2D eigenvalue weighted by Crippen LogP contribution is 2.24. The molecule has 1 heterocycles. The molecule has 6 heteroatoms. The van der Waals surface area contributed by atoms with Crippen LogP contribution >= 0.6 is 11.6 Å². The molecule has 0 aliphatic heterocycles. The molecule has 130 valence electrons. The predicted octanol–water partition coefficient (Wildman–Crippen LogP) is 4.34. The number of aromatic nitrogens is 2.